The van der Waals surface area contributed by atoms with E-state index in [9.17, 15) is 0 Å². The Morgan fingerprint density at radius 1 is 1.00 bits per heavy atom. The standard InChI is InChI=1S/C17H21N/c18-12-17(14-7-1-2-8-14)16-11-5-9-13-6-3-4-10-15(13)16/h3-6,9-11,14,17H,1-2,7-8,12,18H2. The number of hydrogen-bond acceptors (Lipinski definition) is 1. The molecule has 18 heavy (non-hydrogen) atoms. The van der Waals surface area contributed by atoms with Crippen LogP contribution in [0.5, 0.6) is 0 Å². The van der Waals surface area contributed by atoms with Crippen LogP contribution in [0.3, 0.4) is 0 Å². The van der Waals surface area contributed by atoms with E-state index in [0.717, 1.165) is 12.5 Å². The van der Waals surface area contributed by atoms with Crippen molar-refractivity contribution >= 4 is 10.8 Å². The monoisotopic (exact) mass is 239 g/mol. The first-order valence-corrected chi connectivity index (χ1v) is 7.08. The van der Waals surface area contributed by atoms with Gasteiger partial charge in [-0.2, -0.15) is 0 Å². The Bertz CT molecular complexity index is 521. The predicted octanol–water partition coefficient (Wildman–Crippen LogP) is 4.07. The minimum Gasteiger partial charge on any atom is -0.330 e. The zero-order chi connectivity index (χ0) is 12.4. The fourth-order valence-corrected chi connectivity index (χ4v) is 3.51. The van der Waals surface area contributed by atoms with Crippen LogP contribution in [0.4, 0.5) is 0 Å². The highest BCUT2D eigenvalue weighted by atomic mass is 14.6. The smallest absolute Gasteiger partial charge is 0.000440 e. The zero-order valence-electron chi connectivity index (χ0n) is 10.8. The van der Waals surface area contributed by atoms with Crippen molar-refractivity contribution in [2.45, 2.75) is 31.6 Å². The van der Waals surface area contributed by atoms with Crippen molar-refractivity contribution in [1.82, 2.24) is 0 Å². The van der Waals surface area contributed by atoms with Crippen LogP contribution in [0.2, 0.25) is 0 Å². The maximum Gasteiger partial charge on any atom is -0.000440 e. The maximum atomic E-state index is 6.08. The lowest BCUT2D eigenvalue weighted by atomic mass is 9.82. The van der Waals surface area contributed by atoms with Crippen LogP contribution in [0.1, 0.15) is 37.2 Å². The molecule has 0 amide bonds. The first kappa shape index (κ1) is 11.7. The van der Waals surface area contributed by atoms with Gasteiger partial charge in [-0.3, -0.25) is 0 Å². The molecule has 1 atom stereocenters. The molecule has 1 nitrogen and oxygen atoms in total. The van der Waals surface area contributed by atoms with Gasteiger partial charge in [0.15, 0.2) is 0 Å². The van der Waals surface area contributed by atoms with Crippen LogP contribution in [0.15, 0.2) is 42.5 Å². The van der Waals surface area contributed by atoms with Gasteiger partial charge in [-0.15, -0.1) is 0 Å². The number of hydrogen-bond donors (Lipinski definition) is 1. The summed E-state index contributed by atoms with van der Waals surface area (Å²) < 4.78 is 0. The third kappa shape index (κ3) is 2.04. The number of rotatable bonds is 3. The zero-order valence-corrected chi connectivity index (χ0v) is 10.8. The summed E-state index contributed by atoms with van der Waals surface area (Å²) in [4.78, 5) is 0. The first-order valence-electron chi connectivity index (χ1n) is 7.08. The first-order chi connectivity index (χ1) is 8.90. The van der Waals surface area contributed by atoms with Crippen LogP contribution in [-0.4, -0.2) is 6.54 Å². The van der Waals surface area contributed by atoms with Crippen molar-refractivity contribution in [2.75, 3.05) is 6.54 Å². The maximum absolute atomic E-state index is 6.08. The highest BCUT2D eigenvalue weighted by Gasteiger charge is 2.26. The summed E-state index contributed by atoms with van der Waals surface area (Å²) in [6.07, 6.45) is 5.47. The molecular weight excluding hydrogens is 218 g/mol. The lowest BCUT2D eigenvalue weighted by Gasteiger charge is -2.23. The molecule has 0 spiro atoms. The van der Waals surface area contributed by atoms with Gasteiger partial charge in [0.05, 0.1) is 0 Å². The van der Waals surface area contributed by atoms with Gasteiger partial charge in [-0.05, 0) is 47.6 Å². The van der Waals surface area contributed by atoms with Crippen molar-refractivity contribution in [3.05, 3.63) is 48.0 Å². The Kier molecular flexibility index (Phi) is 3.33. The quantitative estimate of drug-likeness (QED) is 0.858. The molecule has 1 aliphatic carbocycles. The minimum absolute atomic E-state index is 0.540. The summed E-state index contributed by atoms with van der Waals surface area (Å²) in [5.41, 5.74) is 7.54. The van der Waals surface area contributed by atoms with E-state index in [0.29, 0.717) is 5.92 Å². The predicted molar refractivity (Wildman–Crippen MR) is 77.7 cm³/mol. The van der Waals surface area contributed by atoms with E-state index in [1.165, 1.54) is 42.0 Å². The van der Waals surface area contributed by atoms with Gasteiger partial charge in [0.25, 0.3) is 0 Å². The van der Waals surface area contributed by atoms with Crippen LogP contribution in [-0.2, 0) is 0 Å². The summed E-state index contributed by atoms with van der Waals surface area (Å²) >= 11 is 0. The average molecular weight is 239 g/mol. The van der Waals surface area contributed by atoms with Crippen molar-refractivity contribution in [1.29, 1.82) is 0 Å². The molecule has 2 N–H and O–H groups in total. The molecule has 1 saturated carbocycles. The van der Waals surface area contributed by atoms with Crippen LogP contribution in [0, 0.1) is 5.92 Å². The van der Waals surface area contributed by atoms with E-state index in [2.05, 4.69) is 42.5 Å². The third-order valence-electron chi connectivity index (χ3n) is 4.45. The molecule has 1 fully saturated rings. The van der Waals surface area contributed by atoms with E-state index in [1.54, 1.807) is 0 Å². The van der Waals surface area contributed by atoms with Crippen LogP contribution < -0.4 is 5.73 Å². The van der Waals surface area contributed by atoms with Gasteiger partial charge in [0.1, 0.15) is 0 Å². The molecule has 0 saturated heterocycles. The molecule has 3 rings (SSSR count). The lowest BCUT2D eigenvalue weighted by Crippen LogP contribution is -2.20. The molecule has 0 aliphatic heterocycles. The average Bonchev–Trinajstić information content (AvgIpc) is 2.94. The highest BCUT2D eigenvalue weighted by Crippen LogP contribution is 2.38. The van der Waals surface area contributed by atoms with E-state index in [-0.39, 0.29) is 0 Å². The van der Waals surface area contributed by atoms with E-state index >= 15 is 0 Å². The largest absolute Gasteiger partial charge is 0.330 e. The molecule has 1 unspecified atom stereocenters. The Balaban J connectivity index is 2.06. The Hall–Kier alpha value is -1.34. The topological polar surface area (TPSA) is 26.0 Å². The Labute approximate surface area is 109 Å². The fraction of sp³-hybridized carbons (Fsp3) is 0.412. The molecule has 0 heterocycles. The fourth-order valence-electron chi connectivity index (χ4n) is 3.51. The minimum atomic E-state index is 0.540. The van der Waals surface area contributed by atoms with Gasteiger partial charge in [-0.25, -0.2) is 0 Å². The molecule has 2 aromatic carbocycles. The molecule has 1 heteroatoms. The third-order valence-corrected chi connectivity index (χ3v) is 4.45. The second-order valence-corrected chi connectivity index (χ2v) is 5.46. The van der Waals surface area contributed by atoms with Gasteiger partial charge >= 0.3 is 0 Å². The number of nitrogens with two attached hydrogens (primary N) is 1. The second-order valence-electron chi connectivity index (χ2n) is 5.46. The molecule has 1 aliphatic rings. The van der Waals surface area contributed by atoms with Crippen LogP contribution >= 0.6 is 0 Å². The molecule has 0 aromatic heterocycles. The Morgan fingerprint density at radius 3 is 2.50 bits per heavy atom. The summed E-state index contributed by atoms with van der Waals surface area (Å²) in [5, 5.41) is 2.73. The van der Waals surface area contributed by atoms with Gasteiger partial charge in [0.2, 0.25) is 0 Å². The van der Waals surface area contributed by atoms with E-state index in [1.807, 2.05) is 0 Å². The summed E-state index contributed by atoms with van der Waals surface area (Å²) in [6.45, 7) is 0.776. The normalized spacial score (nSPS) is 18.3. The number of fused-ring (bicyclic) bond motifs is 1. The lowest BCUT2D eigenvalue weighted by molar-refractivity contribution is 0.442. The molecular formula is C17H21N. The van der Waals surface area contributed by atoms with E-state index in [4.69, 9.17) is 5.73 Å². The molecule has 2 aromatic rings. The molecule has 0 bridgehead atoms. The van der Waals surface area contributed by atoms with Crippen molar-refractivity contribution in [2.24, 2.45) is 11.7 Å². The van der Waals surface area contributed by atoms with Crippen molar-refractivity contribution in [3.63, 3.8) is 0 Å². The van der Waals surface area contributed by atoms with Gasteiger partial charge in [0, 0.05) is 0 Å². The summed E-state index contributed by atoms with van der Waals surface area (Å²) in [6, 6.07) is 15.3. The SMILES string of the molecule is NCC(c1cccc2ccccc12)C1CCCC1. The second kappa shape index (κ2) is 5.11. The highest BCUT2D eigenvalue weighted by molar-refractivity contribution is 5.86. The molecule has 94 valence electrons. The molecule has 0 radical (unpaired) electrons. The van der Waals surface area contributed by atoms with Gasteiger partial charge < -0.3 is 5.73 Å². The van der Waals surface area contributed by atoms with Crippen molar-refractivity contribution < 1.29 is 0 Å². The van der Waals surface area contributed by atoms with E-state index < -0.39 is 0 Å². The summed E-state index contributed by atoms with van der Waals surface area (Å²) in [5.74, 6) is 1.33. The van der Waals surface area contributed by atoms with Crippen molar-refractivity contribution in [3.8, 4) is 0 Å². The van der Waals surface area contributed by atoms with Crippen LogP contribution in [0.25, 0.3) is 10.8 Å². The Morgan fingerprint density at radius 2 is 1.72 bits per heavy atom. The number of benzene rings is 2. The summed E-state index contributed by atoms with van der Waals surface area (Å²) in [7, 11) is 0. The van der Waals surface area contributed by atoms with Gasteiger partial charge in [-0.1, -0.05) is 55.3 Å².